The molecule has 44 heavy (non-hydrogen) atoms. The summed E-state index contributed by atoms with van der Waals surface area (Å²) in [6.07, 6.45) is -10.0. The van der Waals surface area contributed by atoms with Gasteiger partial charge in [0.15, 0.2) is 5.78 Å². The standard InChI is InChI=1S/C33H23Cl2F6NO2/c34-27-16-23(15-26(29(27)35)33(39,40)41)25(32(36,37)38)17-28(43)20-11-13-24(14-12-20)31(44)18-42(19-31)30(21-7-3-1-4-8-21)22-9-5-2-6-10-22/h1-17,30,44H,18-19H2/b25-17+. The quantitative estimate of drug-likeness (QED) is 0.123. The van der Waals surface area contributed by atoms with E-state index < -0.39 is 50.5 Å². The van der Waals surface area contributed by atoms with E-state index in [4.69, 9.17) is 23.2 Å². The number of nitrogens with zero attached hydrogens (tertiary/aromatic N) is 1. The van der Waals surface area contributed by atoms with Crippen molar-refractivity contribution in [1.29, 1.82) is 0 Å². The minimum atomic E-state index is -5.19. The van der Waals surface area contributed by atoms with Gasteiger partial charge in [0.1, 0.15) is 5.60 Å². The van der Waals surface area contributed by atoms with Crippen LogP contribution in [0.1, 0.15) is 44.2 Å². The summed E-state index contributed by atoms with van der Waals surface area (Å²) in [5.74, 6) is -1.10. The van der Waals surface area contributed by atoms with E-state index in [1.807, 2.05) is 60.7 Å². The van der Waals surface area contributed by atoms with Crippen molar-refractivity contribution >= 4 is 34.6 Å². The topological polar surface area (TPSA) is 40.5 Å². The molecule has 1 saturated heterocycles. The lowest BCUT2D eigenvalue weighted by Gasteiger charge is -2.50. The van der Waals surface area contributed by atoms with Gasteiger partial charge in [-0.1, -0.05) is 108 Å². The zero-order valence-corrected chi connectivity index (χ0v) is 24.1. The number of ketones is 1. The molecular formula is C33H23Cl2F6NO2. The number of likely N-dealkylation sites (tertiary alicyclic amines) is 1. The molecule has 0 atom stereocenters. The van der Waals surface area contributed by atoms with Crippen LogP contribution in [0.2, 0.25) is 10.0 Å². The van der Waals surface area contributed by atoms with Crippen LogP contribution in [-0.2, 0) is 11.8 Å². The van der Waals surface area contributed by atoms with Gasteiger partial charge in [0.05, 0.1) is 27.2 Å². The molecule has 3 nitrogen and oxygen atoms in total. The van der Waals surface area contributed by atoms with E-state index in [9.17, 15) is 36.2 Å². The summed E-state index contributed by atoms with van der Waals surface area (Å²) in [5.41, 5.74) is -3.02. The van der Waals surface area contributed by atoms with Gasteiger partial charge in [-0.05, 0) is 40.5 Å². The largest absolute Gasteiger partial charge is 0.417 e. The lowest BCUT2D eigenvalue weighted by Crippen LogP contribution is -2.60. The average molecular weight is 650 g/mol. The first kappa shape index (κ1) is 31.8. The van der Waals surface area contributed by atoms with Gasteiger partial charge >= 0.3 is 12.4 Å². The molecule has 0 radical (unpaired) electrons. The Morgan fingerprint density at radius 1 is 0.795 bits per heavy atom. The highest BCUT2D eigenvalue weighted by Gasteiger charge is 2.46. The maximum absolute atomic E-state index is 13.9. The molecule has 4 aromatic carbocycles. The molecule has 1 aliphatic rings. The number of hydrogen-bond acceptors (Lipinski definition) is 3. The molecule has 0 aliphatic carbocycles. The normalized spacial score (nSPS) is 15.7. The van der Waals surface area contributed by atoms with Gasteiger partial charge in [-0.3, -0.25) is 9.69 Å². The van der Waals surface area contributed by atoms with Crippen molar-refractivity contribution in [2.24, 2.45) is 0 Å². The summed E-state index contributed by atoms with van der Waals surface area (Å²) < 4.78 is 82.0. The number of rotatable bonds is 7. The molecule has 1 aliphatic heterocycles. The van der Waals surface area contributed by atoms with Gasteiger partial charge in [-0.25, -0.2) is 0 Å². The van der Waals surface area contributed by atoms with Crippen LogP contribution < -0.4 is 0 Å². The van der Waals surface area contributed by atoms with Crippen LogP contribution in [0.25, 0.3) is 5.57 Å². The van der Waals surface area contributed by atoms with Crippen LogP contribution in [0.4, 0.5) is 26.3 Å². The van der Waals surface area contributed by atoms with Crippen molar-refractivity contribution < 1.29 is 36.2 Å². The van der Waals surface area contributed by atoms with E-state index in [2.05, 4.69) is 4.90 Å². The molecule has 0 aromatic heterocycles. The second kappa shape index (κ2) is 12.0. The van der Waals surface area contributed by atoms with Gasteiger partial charge in [0.2, 0.25) is 0 Å². The monoisotopic (exact) mass is 649 g/mol. The highest BCUT2D eigenvalue weighted by atomic mass is 35.5. The van der Waals surface area contributed by atoms with Crippen molar-refractivity contribution in [3.05, 3.63) is 147 Å². The fraction of sp³-hybridized carbons (Fsp3) is 0.182. The minimum Gasteiger partial charge on any atom is -0.382 e. The van der Waals surface area contributed by atoms with Gasteiger partial charge in [-0.15, -0.1) is 0 Å². The second-order valence-corrected chi connectivity index (χ2v) is 11.3. The highest BCUT2D eigenvalue weighted by Crippen LogP contribution is 2.44. The molecule has 11 heteroatoms. The predicted molar refractivity (Wildman–Crippen MR) is 156 cm³/mol. The molecule has 228 valence electrons. The Morgan fingerprint density at radius 3 is 1.80 bits per heavy atom. The van der Waals surface area contributed by atoms with Crippen LogP contribution >= 0.6 is 23.2 Å². The number of β-amino-alcohol motifs (C(OH)–C–C–N with tert-alkyl or cyclic N) is 1. The van der Waals surface area contributed by atoms with E-state index in [-0.39, 0.29) is 36.8 Å². The molecular weight excluding hydrogens is 627 g/mol. The Balaban J connectivity index is 1.38. The van der Waals surface area contributed by atoms with Gasteiger partial charge < -0.3 is 5.11 Å². The number of benzene rings is 4. The van der Waals surface area contributed by atoms with E-state index in [0.29, 0.717) is 11.6 Å². The minimum absolute atomic E-state index is 0.122. The van der Waals surface area contributed by atoms with E-state index >= 15 is 0 Å². The third kappa shape index (κ3) is 6.56. The molecule has 1 heterocycles. The van der Waals surface area contributed by atoms with E-state index in [1.54, 1.807) is 0 Å². The summed E-state index contributed by atoms with van der Waals surface area (Å²) in [7, 11) is 0. The fourth-order valence-electron chi connectivity index (χ4n) is 5.31. The number of carbonyl (C=O) groups excluding carboxylic acids is 1. The summed E-state index contributed by atoms with van der Waals surface area (Å²) in [4.78, 5) is 15.0. The van der Waals surface area contributed by atoms with Crippen LogP contribution in [0.3, 0.4) is 0 Å². The molecule has 1 N–H and O–H groups in total. The zero-order chi connectivity index (χ0) is 31.9. The highest BCUT2D eigenvalue weighted by molar-refractivity contribution is 6.42. The van der Waals surface area contributed by atoms with Crippen LogP contribution in [0.15, 0.2) is 103 Å². The fourth-order valence-corrected chi connectivity index (χ4v) is 5.75. The molecule has 0 saturated carbocycles. The Kier molecular flexibility index (Phi) is 8.70. The van der Waals surface area contributed by atoms with Crippen LogP contribution in [-0.4, -0.2) is 35.1 Å². The molecule has 5 rings (SSSR count). The first-order valence-corrected chi connectivity index (χ1v) is 14.0. The lowest BCUT2D eigenvalue weighted by molar-refractivity contribution is -0.137. The summed E-state index contributed by atoms with van der Waals surface area (Å²) in [5, 5.41) is 9.67. The molecule has 0 unspecified atom stereocenters. The zero-order valence-electron chi connectivity index (χ0n) is 22.6. The second-order valence-electron chi connectivity index (χ2n) is 10.5. The average Bonchev–Trinajstić information content (AvgIpc) is 2.96. The number of hydrogen-bond donors (Lipinski definition) is 1. The Hall–Kier alpha value is -3.63. The maximum Gasteiger partial charge on any atom is 0.417 e. The number of aliphatic hydroxyl groups is 1. The Bertz CT molecular complexity index is 1640. The SMILES string of the molecule is O=C(/C=C(\c1cc(Cl)c(Cl)c(C(F)(F)F)c1)C(F)(F)F)c1ccc(C2(O)CN(C(c3ccccc3)c3ccccc3)C2)cc1. The third-order valence-electron chi connectivity index (χ3n) is 7.46. The molecule has 0 spiro atoms. The Morgan fingerprint density at radius 2 is 1.32 bits per heavy atom. The number of halogens is 8. The number of alkyl halides is 6. The first-order chi connectivity index (χ1) is 20.7. The third-order valence-corrected chi connectivity index (χ3v) is 8.26. The number of carbonyl (C=O) groups is 1. The molecule has 0 amide bonds. The van der Waals surface area contributed by atoms with E-state index in [1.165, 1.54) is 24.3 Å². The van der Waals surface area contributed by atoms with Gasteiger partial charge in [0, 0.05) is 18.7 Å². The van der Waals surface area contributed by atoms with Crippen LogP contribution in [0, 0.1) is 0 Å². The smallest absolute Gasteiger partial charge is 0.382 e. The number of allylic oxidation sites excluding steroid dienone is 2. The van der Waals surface area contributed by atoms with Crippen LogP contribution in [0.5, 0.6) is 0 Å². The van der Waals surface area contributed by atoms with Gasteiger partial charge in [-0.2, -0.15) is 26.3 Å². The van der Waals surface area contributed by atoms with Crippen molar-refractivity contribution in [1.82, 2.24) is 4.90 Å². The van der Waals surface area contributed by atoms with Crippen molar-refractivity contribution in [3.8, 4) is 0 Å². The van der Waals surface area contributed by atoms with Crippen molar-refractivity contribution in [3.63, 3.8) is 0 Å². The molecule has 4 aromatic rings. The van der Waals surface area contributed by atoms with Crippen molar-refractivity contribution in [2.45, 2.75) is 24.0 Å². The lowest BCUT2D eigenvalue weighted by atomic mass is 9.82. The first-order valence-electron chi connectivity index (χ1n) is 13.2. The summed E-state index contributed by atoms with van der Waals surface area (Å²) in [6, 6.07) is 25.7. The Labute approximate surface area is 259 Å². The van der Waals surface area contributed by atoms with E-state index in [0.717, 1.165) is 11.1 Å². The summed E-state index contributed by atoms with van der Waals surface area (Å²) in [6.45, 7) is 0.511. The summed E-state index contributed by atoms with van der Waals surface area (Å²) >= 11 is 11.3. The van der Waals surface area contributed by atoms with Gasteiger partial charge in [0.25, 0.3) is 0 Å². The molecule has 0 bridgehead atoms. The predicted octanol–water partition coefficient (Wildman–Crippen LogP) is 9.13. The molecule has 1 fully saturated rings. The maximum atomic E-state index is 13.9. The van der Waals surface area contributed by atoms with Crippen molar-refractivity contribution in [2.75, 3.05) is 13.1 Å².